The Morgan fingerprint density at radius 3 is 2.59 bits per heavy atom. The number of hydrogen-bond acceptors (Lipinski definition) is 3. The monoisotopic (exact) mass is 291 g/mol. The smallest absolute Gasteiger partial charge is 0.156 e. The predicted octanol–water partition coefficient (Wildman–Crippen LogP) is 2.92. The molecule has 0 radical (unpaired) electrons. The Morgan fingerprint density at radius 1 is 1.18 bits per heavy atom. The van der Waals surface area contributed by atoms with E-state index in [-0.39, 0.29) is 5.84 Å². The molecule has 1 aromatic heterocycles. The van der Waals surface area contributed by atoms with Crippen molar-refractivity contribution in [2.45, 2.75) is 0 Å². The van der Waals surface area contributed by atoms with Gasteiger partial charge in [0, 0.05) is 6.20 Å². The van der Waals surface area contributed by atoms with E-state index in [0.717, 1.165) is 4.47 Å². The molecular formula is C12H10BrN3O. The van der Waals surface area contributed by atoms with Crippen LogP contribution >= 0.6 is 15.9 Å². The minimum absolute atomic E-state index is 0.118. The van der Waals surface area contributed by atoms with E-state index in [1.807, 2.05) is 24.3 Å². The number of nitrogens with two attached hydrogens (primary N) is 1. The number of nitrogens with one attached hydrogen (secondary N) is 1. The molecule has 0 spiro atoms. The van der Waals surface area contributed by atoms with Crippen LogP contribution in [0.1, 0.15) is 5.69 Å². The number of halogens is 1. The van der Waals surface area contributed by atoms with Gasteiger partial charge in [0.1, 0.15) is 17.3 Å². The van der Waals surface area contributed by atoms with E-state index < -0.39 is 0 Å². The molecule has 0 saturated heterocycles. The normalized spacial score (nSPS) is 9.94. The van der Waals surface area contributed by atoms with Crippen molar-refractivity contribution in [2.24, 2.45) is 5.73 Å². The molecule has 0 aliphatic rings. The summed E-state index contributed by atoms with van der Waals surface area (Å²) in [5.74, 6) is 1.00. The average Bonchev–Trinajstić information content (AvgIpc) is 2.32. The third-order valence-corrected chi connectivity index (χ3v) is 2.74. The van der Waals surface area contributed by atoms with Crippen LogP contribution in [-0.4, -0.2) is 10.8 Å². The van der Waals surface area contributed by atoms with Crippen LogP contribution in [0.3, 0.4) is 0 Å². The van der Waals surface area contributed by atoms with E-state index in [1.54, 1.807) is 18.3 Å². The van der Waals surface area contributed by atoms with E-state index in [0.29, 0.717) is 17.2 Å². The molecule has 1 heterocycles. The summed E-state index contributed by atoms with van der Waals surface area (Å²) in [4.78, 5) is 4.01. The van der Waals surface area contributed by atoms with Gasteiger partial charge in [0.05, 0.1) is 4.47 Å². The van der Waals surface area contributed by atoms with Gasteiger partial charge in [0.25, 0.3) is 0 Å². The predicted molar refractivity (Wildman–Crippen MR) is 69.5 cm³/mol. The van der Waals surface area contributed by atoms with Gasteiger partial charge in [-0.05, 0) is 40.2 Å². The number of nitrogen functional groups attached to an aromatic ring is 1. The van der Waals surface area contributed by atoms with E-state index in [4.69, 9.17) is 15.9 Å². The molecule has 0 aliphatic carbocycles. The largest absolute Gasteiger partial charge is 0.454 e. The quantitative estimate of drug-likeness (QED) is 0.675. The first kappa shape index (κ1) is 11.6. The van der Waals surface area contributed by atoms with Crippen molar-refractivity contribution in [1.29, 1.82) is 5.41 Å². The number of nitrogens with zero attached hydrogens (tertiary/aromatic N) is 1. The number of aromatic nitrogens is 1. The first-order chi connectivity index (χ1) is 8.18. The second kappa shape index (κ2) is 4.97. The van der Waals surface area contributed by atoms with Crippen LogP contribution in [0.25, 0.3) is 0 Å². The van der Waals surface area contributed by atoms with Gasteiger partial charge in [-0.25, -0.2) is 4.98 Å². The van der Waals surface area contributed by atoms with Gasteiger partial charge in [0.15, 0.2) is 5.75 Å². The Kier molecular flexibility index (Phi) is 3.39. The molecule has 1 aromatic carbocycles. The molecule has 0 aliphatic heterocycles. The summed E-state index contributed by atoms with van der Waals surface area (Å²) in [7, 11) is 0. The Morgan fingerprint density at radius 2 is 1.88 bits per heavy atom. The maximum Gasteiger partial charge on any atom is 0.156 e. The fraction of sp³-hybridized carbons (Fsp3) is 0. The summed E-state index contributed by atoms with van der Waals surface area (Å²) in [6.07, 6.45) is 1.57. The second-order valence-electron chi connectivity index (χ2n) is 3.30. The molecule has 5 heteroatoms. The molecule has 0 saturated carbocycles. The highest BCUT2D eigenvalue weighted by atomic mass is 79.9. The van der Waals surface area contributed by atoms with Gasteiger partial charge in [-0.2, -0.15) is 0 Å². The Balaban J connectivity index is 2.37. The van der Waals surface area contributed by atoms with E-state index in [1.165, 1.54) is 0 Å². The number of rotatable bonds is 3. The zero-order valence-corrected chi connectivity index (χ0v) is 10.4. The summed E-state index contributed by atoms with van der Waals surface area (Å²) >= 11 is 3.39. The first-order valence-corrected chi connectivity index (χ1v) is 5.69. The molecule has 17 heavy (non-hydrogen) atoms. The van der Waals surface area contributed by atoms with E-state index >= 15 is 0 Å². The number of para-hydroxylation sites is 1. The second-order valence-corrected chi connectivity index (χ2v) is 4.15. The van der Waals surface area contributed by atoms with Gasteiger partial charge in [-0.1, -0.05) is 12.1 Å². The molecule has 0 atom stereocenters. The molecule has 0 unspecified atom stereocenters. The van der Waals surface area contributed by atoms with Gasteiger partial charge in [-0.15, -0.1) is 0 Å². The molecule has 3 N–H and O–H groups in total. The zero-order chi connectivity index (χ0) is 12.3. The third kappa shape index (κ3) is 2.62. The topological polar surface area (TPSA) is 72.0 Å². The lowest BCUT2D eigenvalue weighted by Crippen LogP contribution is -2.14. The van der Waals surface area contributed by atoms with Gasteiger partial charge in [-0.3, -0.25) is 5.41 Å². The molecule has 0 fully saturated rings. The first-order valence-electron chi connectivity index (χ1n) is 4.90. The summed E-state index contributed by atoms with van der Waals surface area (Å²) in [5, 5.41) is 7.42. The van der Waals surface area contributed by atoms with Crippen LogP contribution in [0, 0.1) is 5.41 Å². The average molecular weight is 292 g/mol. The van der Waals surface area contributed by atoms with Crippen molar-refractivity contribution in [2.75, 3.05) is 0 Å². The van der Waals surface area contributed by atoms with E-state index in [2.05, 4.69) is 20.9 Å². The molecule has 4 nitrogen and oxygen atoms in total. The van der Waals surface area contributed by atoms with Crippen molar-refractivity contribution >= 4 is 21.8 Å². The van der Waals surface area contributed by atoms with Crippen molar-refractivity contribution in [3.63, 3.8) is 0 Å². The number of ether oxygens (including phenoxy) is 1. The van der Waals surface area contributed by atoms with Crippen molar-refractivity contribution in [1.82, 2.24) is 4.98 Å². The molecule has 86 valence electrons. The van der Waals surface area contributed by atoms with Crippen LogP contribution in [0.2, 0.25) is 0 Å². The molecule has 0 bridgehead atoms. The van der Waals surface area contributed by atoms with Crippen LogP contribution in [0.4, 0.5) is 0 Å². The molecule has 0 amide bonds. The van der Waals surface area contributed by atoms with Crippen LogP contribution in [0.5, 0.6) is 11.5 Å². The molecule has 2 aromatic rings. The van der Waals surface area contributed by atoms with Crippen LogP contribution < -0.4 is 10.5 Å². The highest BCUT2D eigenvalue weighted by Crippen LogP contribution is 2.30. The summed E-state index contributed by atoms with van der Waals surface area (Å²) in [5.41, 5.74) is 5.77. The fourth-order valence-electron chi connectivity index (χ4n) is 1.32. The fourth-order valence-corrected chi connectivity index (χ4v) is 1.69. The lowest BCUT2D eigenvalue weighted by Gasteiger charge is -2.10. The number of benzene rings is 1. The summed E-state index contributed by atoms with van der Waals surface area (Å²) in [6, 6.07) is 10.9. The zero-order valence-electron chi connectivity index (χ0n) is 8.85. The van der Waals surface area contributed by atoms with Crippen LogP contribution in [-0.2, 0) is 0 Å². The number of hydrogen-bond donors (Lipinski definition) is 2. The minimum atomic E-state index is -0.118. The Hall–Kier alpha value is -1.88. The standard InChI is InChI=1S/C12H10BrN3O/c13-8-4-1-2-5-9(8)17-10-6-3-7-16-11(10)12(14)15/h1-7H,(H3,14,15). The maximum absolute atomic E-state index is 7.42. The van der Waals surface area contributed by atoms with Crippen molar-refractivity contribution in [3.05, 3.63) is 52.8 Å². The maximum atomic E-state index is 7.42. The van der Waals surface area contributed by atoms with Crippen molar-refractivity contribution < 1.29 is 4.74 Å². The van der Waals surface area contributed by atoms with Gasteiger partial charge in [0.2, 0.25) is 0 Å². The molecule has 2 rings (SSSR count). The van der Waals surface area contributed by atoms with Gasteiger partial charge < -0.3 is 10.5 Å². The lowest BCUT2D eigenvalue weighted by molar-refractivity contribution is 0.476. The SMILES string of the molecule is N=C(N)c1ncccc1Oc1ccccc1Br. The minimum Gasteiger partial charge on any atom is -0.454 e. The van der Waals surface area contributed by atoms with Gasteiger partial charge >= 0.3 is 0 Å². The highest BCUT2D eigenvalue weighted by molar-refractivity contribution is 9.10. The van der Waals surface area contributed by atoms with Crippen LogP contribution in [0.15, 0.2) is 47.1 Å². The number of amidine groups is 1. The molecular weight excluding hydrogens is 282 g/mol. The lowest BCUT2D eigenvalue weighted by atomic mass is 10.3. The number of pyridine rings is 1. The Bertz CT molecular complexity index is 557. The highest BCUT2D eigenvalue weighted by Gasteiger charge is 2.09. The van der Waals surface area contributed by atoms with Crippen molar-refractivity contribution in [3.8, 4) is 11.5 Å². The summed E-state index contributed by atoms with van der Waals surface area (Å²) < 4.78 is 6.50. The Labute approximate surface area is 107 Å². The third-order valence-electron chi connectivity index (χ3n) is 2.08. The van der Waals surface area contributed by atoms with E-state index in [9.17, 15) is 0 Å². The summed E-state index contributed by atoms with van der Waals surface area (Å²) in [6.45, 7) is 0.